The zero-order valence-electron chi connectivity index (χ0n) is 15.5. The molecule has 0 aliphatic carbocycles. The number of nitrogens with one attached hydrogen (secondary N) is 3. The van der Waals surface area contributed by atoms with Crippen LogP contribution in [0.2, 0.25) is 0 Å². The van der Waals surface area contributed by atoms with Crippen LogP contribution >= 0.6 is 0 Å². The number of benzene rings is 1. The lowest BCUT2D eigenvalue weighted by Gasteiger charge is -2.07. The second-order valence-corrected chi connectivity index (χ2v) is 6.49. The third-order valence-electron chi connectivity index (χ3n) is 4.10. The van der Waals surface area contributed by atoms with Crippen molar-refractivity contribution in [3.05, 3.63) is 41.7 Å². The van der Waals surface area contributed by atoms with E-state index in [1.54, 1.807) is 6.20 Å². The Hall–Kier alpha value is -3.43. The molecular weight excluding hydrogens is 364 g/mol. The Bertz CT molecular complexity index is 848. The summed E-state index contributed by atoms with van der Waals surface area (Å²) < 4.78 is 6.99. The molecule has 4 amide bonds. The number of amides is 4. The van der Waals surface area contributed by atoms with Gasteiger partial charge in [-0.2, -0.15) is 0 Å². The minimum atomic E-state index is -0.667. The third-order valence-corrected chi connectivity index (χ3v) is 4.10. The Morgan fingerprint density at radius 1 is 1.29 bits per heavy atom. The summed E-state index contributed by atoms with van der Waals surface area (Å²) in [7, 11) is 0. The summed E-state index contributed by atoms with van der Waals surface area (Å²) in [5.41, 5.74) is 1.69. The van der Waals surface area contributed by atoms with Crippen LogP contribution in [0.15, 0.2) is 30.5 Å². The van der Waals surface area contributed by atoms with Crippen molar-refractivity contribution in [3.63, 3.8) is 0 Å². The van der Waals surface area contributed by atoms with E-state index in [0.717, 1.165) is 5.75 Å². The number of nitrogens with zero attached hydrogens (tertiary/aromatic N) is 3. The van der Waals surface area contributed by atoms with Crippen molar-refractivity contribution in [2.75, 3.05) is 13.2 Å². The predicted octanol–water partition coefficient (Wildman–Crippen LogP) is -0.0777. The number of imide groups is 1. The van der Waals surface area contributed by atoms with Gasteiger partial charge in [-0.05, 0) is 25.5 Å². The smallest absolute Gasteiger partial charge is 0.322 e. The van der Waals surface area contributed by atoms with Gasteiger partial charge in [0, 0.05) is 19.2 Å². The molecule has 0 unspecified atom stereocenters. The van der Waals surface area contributed by atoms with E-state index in [2.05, 4.69) is 26.3 Å². The molecule has 3 N–H and O–H groups in total. The molecule has 1 aromatic carbocycles. The van der Waals surface area contributed by atoms with Crippen molar-refractivity contribution in [2.45, 2.75) is 32.4 Å². The van der Waals surface area contributed by atoms with Crippen molar-refractivity contribution in [1.82, 2.24) is 30.9 Å². The van der Waals surface area contributed by atoms with E-state index in [1.165, 1.54) is 10.2 Å². The van der Waals surface area contributed by atoms with Crippen LogP contribution in [0, 0.1) is 6.92 Å². The second kappa shape index (κ2) is 8.98. The van der Waals surface area contributed by atoms with E-state index in [4.69, 9.17) is 4.74 Å². The summed E-state index contributed by atoms with van der Waals surface area (Å²) in [6.45, 7) is 3.03. The fourth-order valence-electron chi connectivity index (χ4n) is 2.65. The Balaban J connectivity index is 1.33. The highest BCUT2D eigenvalue weighted by molar-refractivity contribution is 6.04. The van der Waals surface area contributed by atoms with Crippen LogP contribution in [0.1, 0.15) is 17.7 Å². The molecule has 0 radical (unpaired) electrons. The van der Waals surface area contributed by atoms with Gasteiger partial charge in [0.1, 0.15) is 18.3 Å². The van der Waals surface area contributed by atoms with E-state index < -0.39 is 18.0 Å². The minimum absolute atomic E-state index is 0.0229. The first-order valence-electron chi connectivity index (χ1n) is 8.96. The Kier molecular flexibility index (Phi) is 6.20. The van der Waals surface area contributed by atoms with Crippen LogP contribution in [0.5, 0.6) is 5.75 Å². The topological polar surface area (TPSA) is 127 Å². The lowest BCUT2D eigenvalue weighted by molar-refractivity contribution is -0.122. The molecule has 1 atom stereocenters. The maximum atomic E-state index is 12.0. The van der Waals surface area contributed by atoms with Gasteiger partial charge in [-0.3, -0.25) is 14.9 Å². The van der Waals surface area contributed by atoms with E-state index in [-0.39, 0.29) is 18.9 Å². The average molecular weight is 386 g/mol. The molecule has 1 fully saturated rings. The van der Waals surface area contributed by atoms with E-state index in [1.807, 2.05) is 31.2 Å². The lowest BCUT2D eigenvalue weighted by Crippen LogP contribution is -2.31. The van der Waals surface area contributed by atoms with Gasteiger partial charge in [-0.25, -0.2) is 9.48 Å². The highest BCUT2D eigenvalue weighted by atomic mass is 16.5. The van der Waals surface area contributed by atoms with Gasteiger partial charge in [0.25, 0.3) is 5.91 Å². The van der Waals surface area contributed by atoms with Gasteiger partial charge in [0.05, 0.1) is 12.3 Å². The van der Waals surface area contributed by atoms with E-state index >= 15 is 0 Å². The molecule has 1 aliphatic rings. The van der Waals surface area contributed by atoms with Crippen LogP contribution in [0.3, 0.4) is 0 Å². The van der Waals surface area contributed by atoms with Crippen molar-refractivity contribution >= 4 is 17.8 Å². The van der Waals surface area contributed by atoms with Crippen LogP contribution in [-0.2, 0) is 22.6 Å². The van der Waals surface area contributed by atoms with Crippen LogP contribution < -0.4 is 20.7 Å². The fourth-order valence-corrected chi connectivity index (χ4v) is 2.65. The third kappa shape index (κ3) is 5.53. The number of hydrogen-bond acceptors (Lipinski definition) is 6. The summed E-state index contributed by atoms with van der Waals surface area (Å²) in [5, 5.41) is 15.2. The molecule has 2 aromatic rings. The van der Waals surface area contributed by atoms with Crippen LogP contribution in [0.25, 0.3) is 0 Å². The van der Waals surface area contributed by atoms with Gasteiger partial charge in [-0.1, -0.05) is 22.9 Å². The van der Waals surface area contributed by atoms with Crippen molar-refractivity contribution in [2.24, 2.45) is 0 Å². The summed E-state index contributed by atoms with van der Waals surface area (Å²) in [6.07, 6.45) is 2.48. The van der Waals surface area contributed by atoms with Gasteiger partial charge in [0.2, 0.25) is 5.91 Å². The molecule has 148 valence electrons. The van der Waals surface area contributed by atoms with Gasteiger partial charge >= 0.3 is 6.03 Å². The zero-order valence-corrected chi connectivity index (χ0v) is 15.5. The molecule has 1 aliphatic heterocycles. The highest BCUT2D eigenvalue weighted by Gasteiger charge is 2.30. The monoisotopic (exact) mass is 386 g/mol. The number of aromatic nitrogens is 3. The van der Waals surface area contributed by atoms with Gasteiger partial charge in [-0.15, -0.1) is 5.10 Å². The fraction of sp³-hybridized carbons (Fsp3) is 0.389. The Morgan fingerprint density at radius 3 is 2.79 bits per heavy atom. The van der Waals surface area contributed by atoms with Crippen LogP contribution in [-0.4, -0.2) is 52.0 Å². The average Bonchev–Trinajstić information content (AvgIpc) is 3.22. The first kappa shape index (κ1) is 19.3. The quantitative estimate of drug-likeness (QED) is 0.409. The SMILES string of the molecule is Cc1ccc(OCCCNC(=O)Cn2cc(C[C@H]3NC(=O)NC3=O)nn2)cc1. The Morgan fingerprint density at radius 2 is 2.07 bits per heavy atom. The Labute approximate surface area is 161 Å². The molecule has 0 saturated carbocycles. The van der Waals surface area contributed by atoms with Crippen LogP contribution in [0.4, 0.5) is 4.79 Å². The molecule has 0 spiro atoms. The number of hydrogen-bond donors (Lipinski definition) is 3. The number of carbonyl (C=O) groups excluding carboxylic acids is 3. The maximum Gasteiger partial charge on any atom is 0.322 e. The van der Waals surface area contributed by atoms with E-state index in [9.17, 15) is 14.4 Å². The second-order valence-electron chi connectivity index (χ2n) is 6.49. The largest absolute Gasteiger partial charge is 0.494 e. The van der Waals surface area contributed by atoms with Crippen molar-refractivity contribution < 1.29 is 19.1 Å². The lowest BCUT2D eigenvalue weighted by atomic mass is 10.2. The molecule has 2 heterocycles. The van der Waals surface area contributed by atoms with Crippen molar-refractivity contribution in [1.29, 1.82) is 0 Å². The summed E-state index contributed by atoms with van der Waals surface area (Å²) in [6, 6.07) is 6.61. The molecule has 10 heteroatoms. The summed E-state index contributed by atoms with van der Waals surface area (Å²) in [4.78, 5) is 34.6. The van der Waals surface area contributed by atoms with Gasteiger partial charge < -0.3 is 15.4 Å². The summed E-state index contributed by atoms with van der Waals surface area (Å²) >= 11 is 0. The first-order valence-corrected chi connectivity index (χ1v) is 8.96. The number of rotatable bonds is 9. The first-order chi connectivity index (χ1) is 13.5. The van der Waals surface area contributed by atoms with Crippen molar-refractivity contribution in [3.8, 4) is 5.75 Å². The minimum Gasteiger partial charge on any atom is -0.494 e. The molecular formula is C18H22N6O4. The van der Waals surface area contributed by atoms with Gasteiger partial charge in [0.15, 0.2) is 0 Å². The standard InChI is InChI=1S/C18H22N6O4/c1-12-3-5-14(6-4-12)28-8-2-7-19-16(25)11-24-10-13(22-23-24)9-15-17(26)21-18(27)20-15/h3-6,10,15H,2,7-9,11H2,1H3,(H,19,25)(H2,20,21,26,27)/t15-/m1/s1. The zero-order chi connectivity index (χ0) is 19.9. The van der Waals surface area contributed by atoms with E-state index in [0.29, 0.717) is 25.3 Å². The molecule has 1 saturated heterocycles. The number of ether oxygens (including phenoxy) is 1. The number of urea groups is 1. The highest BCUT2D eigenvalue weighted by Crippen LogP contribution is 2.11. The summed E-state index contributed by atoms with van der Waals surface area (Å²) in [5.74, 6) is 0.211. The predicted molar refractivity (Wildman–Crippen MR) is 98.5 cm³/mol. The maximum absolute atomic E-state index is 12.0. The molecule has 10 nitrogen and oxygen atoms in total. The molecule has 3 rings (SSSR count). The number of carbonyl (C=O) groups is 3. The molecule has 1 aromatic heterocycles. The number of aryl methyl sites for hydroxylation is 1. The normalized spacial score (nSPS) is 15.8. The molecule has 28 heavy (non-hydrogen) atoms. The molecule has 0 bridgehead atoms.